The minimum absolute atomic E-state index is 0.360. The molecule has 0 aromatic heterocycles. The first-order valence-electron chi connectivity index (χ1n) is 7.22. The summed E-state index contributed by atoms with van der Waals surface area (Å²) in [5.74, 6) is 0. The maximum absolute atomic E-state index is 10.3. The first kappa shape index (κ1) is 16.7. The molecule has 6 heteroatoms. The summed E-state index contributed by atoms with van der Waals surface area (Å²) in [5, 5.41) is 17.4. The summed E-state index contributed by atoms with van der Waals surface area (Å²) >= 11 is 5.82. The van der Waals surface area contributed by atoms with Gasteiger partial charge in [0.25, 0.3) is 0 Å². The molecule has 21 heavy (non-hydrogen) atoms. The van der Waals surface area contributed by atoms with Crippen LogP contribution < -0.4 is 10.6 Å². The lowest BCUT2D eigenvalue weighted by molar-refractivity contribution is -0.0271. The van der Waals surface area contributed by atoms with Crippen LogP contribution in [0.2, 0.25) is 5.02 Å². The second-order valence-electron chi connectivity index (χ2n) is 5.31. The van der Waals surface area contributed by atoms with E-state index in [0.29, 0.717) is 46.1 Å². The van der Waals surface area contributed by atoms with Crippen molar-refractivity contribution in [2.24, 2.45) is 0 Å². The number of ether oxygens (including phenoxy) is 2. The molecule has 5 nitrogen and oxygen atoms in total. The van der Waals surface area contributed by atoms with Gasteiger partial charge in [0, 0.05) is 31.2 Å². The minimum atomic E-state index is -0.841. The van der Waals surface area contributed by atoms with Crippen molar-refractivity contribution < 1.29 is 14.6 Å². The Balaban J connectivity index is 1.56. The molecule has 0 amide bonds. The van der Waals surface area contributed by atoms with Gasteiger partial charge in [0.05, 0.1) is 26.4 Å². The van der Waals surface area contributed by atoms with Gasteiger partial charge < -0.3 is 25.2 Å². The number of hydrogen-bond acceptors (Lipinski definition) is 5. The molecule has 3 N–H and O–H groups in total. The van der Waals surface area contributed by atoms with E-state index in [1.807, 2.05) is 24.3 Å². The van der Waals surface area contributed by atoms with Gasteiger partial charge in [-0.25, -0.2) is 0 Å². The summed E-state index contributed by atoms with van der Waals surface area (Å²) in [5.41, 5.74) is 0.256. The van der Waals surface area contributed by atoms with Crippen molar-refractivity contribution in [3.63, 3.8) is 0 Å². The molecule has 0 unspecified atom stereocenters. The van der Waals surface area contributed by atoms with Crippen molar-refractivity contribution in [1.82, 2.24) is 10.6 Å². The Morgan fingerprint density at radius 3 is 3.00 bits per heavy atom. The molecule has 1 heterocycles. The summed E-state index contributed by atoms with van der Waals surface area (Å²) < 4.78 is 10.9. The van der Waals surface area contributed by atoms with Crippen molar-refractivity contribution in [2.75, 3.05) is 46.0 Å². The summed E-state index contributed by atoms with van der Waals surface area (Å²) in [6.45, 7) is 4.67. The molecule has 1 aliphatic rings. The molecule has 0 aliphatic carbocycles. The average molecular weight is 315 g/mol. The van der Waals surface area contributed by atoms with E-state index in [2.05, 4.69) is 10.6 Å². The van der Waals surface area contributed by atoms with E-state index in [9.17, 15) is 5.11 Å². The normalized spacial score (nSPS) is 23.0. The van der Waals surface area contributed by atoms with Crippen LogP contribution in [0, 0.1) is 0 Å². The molecule has 2 rings (SSSR count). The van der Waals surface area contributed by atoms with Crippen molar-refractivity contribution in [3.05, 3.63) is 34.9 Å². The molecule has 1 aliphatic heterocycles. The van der Waals surface area contributed by atoms with Crippen LogP contribution >= 0.6 is 11.6 Å². The van der Waals surface area contributed by atoms with Gasteiger partial charge in [0.15, 0.2) is 0 Å². The number of nitrogens with one attached hydrogen (secondary N) is 2. The summed E-state index contributed by atoms with van der Waals surface area (Å²) in [4.78, 5) is 0. The van der Waals surface area contributed by atoms with Crippen molar-refractivity contribution in [1.29, 1.82) is 0 Å². The number of β-amino-alcohol motifs (C(OH)–C–C–N with tert-alkyl or cyclic N) is 1. The topological polar surface area (TPSA) is 62.8 Å². The molecule has 118 valence electrons. The van der Waals surface area contributed by atoms with Gasteiger partial charge in [0.1, 0.15) is 5.60 Å². The highest BCUT2D eigenvalue weighted by molar-refractivity contribution is 6.30. The SMILES string of the molecule is O[C@@]1(CNCCOCc2ccc(Cl)cc2)CNCCOC1. The van der Waals surface area contributed by atoms with E-state index in [-0.39, 0.29) is 0 Å². The highest BCUT2D eigenvalue weighted by atomic mass is 35.5. The summed E-state index contributed by atoms with van der Waals surface area (Å²) in [7, 11) is 0. The molecule has 0 bridgehead atoms. The van der Waals surface area contributed by atoms with Gasteiger partial charge in [-0.3, -0.25) is 0 Å². The van der Waals surface area contributed by atoms with Crippen LogP contribution in [0.4, 0.5) is 0 Å². The Bertz CT molecular complexity index is 406. The van der Waals surface area contributed by atoms with E-state index in [0.717, 1.165) is 17.1 Å². The summed E-state index contributed by atoms with van der Waals surface area (Å²) in [6.07, 6.45) is 0. The lowest BCUT2D eigenvalue weighted by atomic mass is 10.1. The second kappa shape index (κ2) is 8.68. The van der Waals surface area contributed by atoms with Crippen LogP contribution in [0.3, 0.4) is 0 Å². The maximum Gasteiger partial charge on any atom is 0.113 e. The average Bonchev–Trinajstić information content (AvgIpc) is 2.70. The lowest BCUT2D eigenvalue weighted by Gasteiger charge is -2.26. The lowest BCUT2D eigenvalue weighted by Crippen LogP contribution is -2.50. The number of benzene rings is 1. The zero-order valence-electron chi connectivity index (χ0n) is 12.1. The fraction of sp³-hybridized carbons (Fsp3) is 0.600. The Hall–Kier alpha value is -0.690. The highest BCUT2D eigenvalue weighted by Crippen LogP contribution is 2.10. The fourth-order valence-electron chi connectivity index (χ4n) is 2.13. The van der Waals surface area contributed by atoms with E-state index in [1.165, 1.54) is 0 Å². The van der Waals surface area contributed by atoms with Crippen LogP contribution in [0.1, 0.15) is 5.56 Å². The predicted octanol–water partition coefficient (Wildman–Crippen LogP) is 0.797. The fourth-order valence-corrected chi connectivity index (χ4v) is 2.25. The maximum atomic E-state index is 10.3. The smallest absolute Gasteiger partial charge is 0.113 e. The zero-order valence-corrected chi connectivity index (χ0v) is 12.9. The molecule has 1 aromatic rings. The third-order valence-corrected chi connectivity index (χ3v) is 3.56. The van der Waals surface area contributed by atoms with Crippen LogP contribution in [0.25, 0.3) is 0 Å². The molecular weight excluding hydrogens is 292 g/mol. The molecular formula is C15H23ClN2O3. The first-order valence-corrected chi connectivity index (χ1v) is 7.60. The standard InChI is InChI=1S/C15H23ClN2O3/c16-14-3-1-13(2-4-14)9-20-7-5-17-10-15(19)11-18-6-8-21-12-15/h1-4,17-19H,5-12H2/t15-/m0/s1. The molecule has 0 radical (unpaired) electrons. The first-order chi connectivity index (χ1) is 10.2. The van der Waals surface area contributed by atoms with Gasteiger partial charge in [-0.15, -0.1) is 0 Å². The van der Waals surface area contributed by atoms with Crippen molar-refractivity contribution >= 4 is 11.6 Å². The largest absolute Gasteiger partial charge is 0.385 e. The highest BCUT2D eigenvalue weighted by Gasteiger charge is 2.28. The Morgan fingerprint density at radius 2 is 2.19 bits per heavy atom. The zero-order chi connectivity index (χ0) is 15.0. The third kappa shape index (κ3) is 6.30. The molecule has 1 saturated heterocycles. The second-order valence-corrected chi connectivity index (χ2v) is 5.75. The van der Waals surface area contributed by atoms with E-state index >= 15 is 0 Å². The van der Waals surface area contributed by atoms with E-state index in [4.69, 9.17) is 21.1 Å². The minimum Gasteiger partial charge on any atom is -0.385 e. The quantitative estimate of drug-likeness (QED) is 0.650. The predicted molar refractivity (Wildman–Crippen MR) is 82.6 cm³/mol. The van der Waals surface area contributed by atoms with Gasteiger partial charge >= 0.3 is 0 Å². The van der Waals surface area contributed by atoms with Crippen LogP contribution in [-0.4, -0.2) is 56.7 Å². The van der Waals surface area contributed by atoms with Crippen LogP contribution in [0.5, 0.6) is 0 Å². The van der Waals surface area contributed by atoms with Crippen LogP contribution in [-0.2, 0) is 16.1 Å². The number of hydrogen-bond donors (Lipinski definition) is 3. The Labute approximate surface area is 130 Å². The number of aliphatic hydroxyl groups is 1. The van der Waals surface area contributed by atoms with E-state index < -0.39 is 5.60 Å². The molecule has 0 saturated carbocycles. The Morgan fingerprint density at radius 1 is 1.38 bits per heavy atom. The number of rotatable bonds is 7. The Kier molecular flexibility index (Phi) is 6.89. The third-order valence-electron chi connectivity index (χ3n) is 3.31. The van der Waals surface area contributed by atoms with Gasteiger partial charge in [-0.1, -0.05) is 23.7 Å². The van der Waals surface area contributed by atoms with Gasteiger partial charge in [-0.05, 0) is 17.7 Å². The monoisotopic (exact) mass is 314 g/mol. The molecule has 1 aromatic carbocycles. The van der Waals surface area contributed by atoms with Gasteiger partial charge in [0.2, 0.25) is 0 Å². The van der Waals surface area contributed by atoms with Crippen molar-refractivity contribution in [2.45, 2.75) is 12.2 Å². The van der Waals surface area contributed by atoms with Gasteiger partial charge in [-0.2, -0.15) is 0 Å². The molecule has 1 fully saturated rings. The summed E-state index contributed by atoms with van der Waals surface area (Å²) in [6, 6.07) is 7.61. The number of halogens is 1. The molecule has 0 spiro atoms. The molecule has 1 atom stereocenters. The van der Waals surface area contributed by atoms with E-state index in [1.54, 1.807) is 0 Å². The van der Waals surface area contributed by atoms with Crippen LogP contribution in [0.15, 0.2) is 24.3 Å². The van der Waals surface area contributed by atoms with Crippen molar-refractivity contribution in [3.8, 4) is 0 Å².